The molecular formula is C12H22N2O4. The highest BCUT2D eigenvalue weighted by Gasteiger charge is 2.40. The molecule has 1 unspecified atom stereocenters. The van der Waals surface area contributed by atoms with Gasteiger partial charge in [0.2, 0.25) is 0 Å². The fourth-order valence-corrected chi connectivity index (χ4v) is 1.76. The maximum Gasteiger partial charge on any atom is 0.320 e. The monoisotopic (exact) mass is 258 g/mol. The quantitative estimate of drug-likeness (QED) is 0.767. The van der Waals surface area contributed by atoms with Gasteiger partial charge >= 0.3 is 12.0 Å². The molecule has 2 amide bonds. The Balaban J connectivity index is 2.51. The molecule has 1 saturated heterocycles. The molecule has 1 atom stereocenters. The summed E-state index contributed by atoms with van der Waals surface area (Å²) in [6.07, 6.45) is 0. The van der Waals surface area contributed by atoms with Crippen molar-refractivity contribution in [3.8, 4) is 0 Å². The molecule has 1 fully saturated rings. The first-order valence-corrected chi connectivity index (χ1v) is 6.07. The van der Waals surface area contributed by atoms with E-state index < -0.39 is 17.4 Å². The van der Waals surface area contributed by atoms with Gasteiger partial charge in [0.15, 0.2) is 0 Å². The summed E-state index contributed by atoms with van der Waals surface area (Å²) in [4.78, 5) is 26.0. The zero-order valence-corrected chi connectivity index (χ0v) is 11.4. The number of carboxylic acids is 1. The molecular weight excluding hydrogens is 236 g/mol. The van der Waals surface area contributed by atoms with Gasteiger partial charge in [0.1, 0.15) is 0 Å². The van der Waals surface area contributed by atoms with Gasteiger partial charge in [0.25, 0.3) is 0 Å². The smallest absolute Gasteiger partial charge is 0.320 e. The first kappa shape index (κ1) is 14.8. The minimum Gasteiger partial charge on any atom is -0.481 e. The van der Waals surface area contributed by atoms with Crippen molar-refractivity contribution in [1.82, 2.24) is 9.80 Å². The largest absolute Gasteiger partial charge is 0.481 e. The van der Waals surface area contributed by atoms with Gasteiger partial charge in [-0.3, -0.25) is 4.79 Å². The van der Waals surface area contributed by atoms with Crippen LogP contribution in [0.15, 0.2) is 0 Å². The Bertz CT molecular complexity index is 337. The molecule has 0 aliphatic carbocycles. The third-order valence-electron chi connectivity index (χ3n) is 3.86. The van der Waals surface area contributed by atoms with Gasteiger partial charge < -0.3 is 20.0 Å². The number of aliphatic hydroxyl groups is 1. The number of nitrogens with zero attached hydrogens (tertiary/aromatic N) is 2. The van der Waals surface area contributed by atoms with Crippen molar-refractivity contribution in [3.63, 3.8) is 0 Å². The molecule has 0 radical (unpaired) electrons. The molecule has 0 aromatic heterocycles. The molecule has 6 heteroatoms. The number of amides is 2. The van der Waals surface area contributed by atoms with Crippen LogP contribution in [0.5, 0.6) is 0 Å². The number of likely N-dealkylation sites (tertiary alicyclic amines) is 1. The third kappa shape index (κ3) is 2.75. The van der Waals surface area contributed by atoms with Gasteiger partial charge in [-0.2, -0.15) is 0 Å². The molecule has 6 nitrogen and oxygen atoms in total. The predicted octanol–water partition coefficient (Wildman–Crippen LogP) is 0.462. The van der Waals surface area contributed by atoms with Crippen LogP contribution in [-0.4, -0.2) is 64.3 Å². The molecule has 1 aliphatic rings. The first-order valence-electron chi connectivity index (χ1n) is 6.07. The van der Waals surface area contributed by atoms with Crippen LogP contribution in [0.4, 0.5) is 4.79 Å². The average molecular weight is 258 g/mol. The molecule has 0 aromatic rings. The highest BCUT2D eigenvalue weighted by atomic mass is 16.4. The van der Waals surface area contributed by atoms with E-state index >= 15 is 0 Å². The second-order valence-corrected chi connectivity index (χ2v) is 5.60. The Morgan fingerprint density at radius 1 is 1.44 bits per heavy atom. The molecule has 1 aliphatic heterocycles. The van der Waals surface area contributed by atoms with Crippen molar-refractivity contribution < 1.29 is 19.8 Å². The molecule has 0 bridgehead atoms. The van der Waals surface area contributed by atoms with E-state index in [1.54, 1.807) is 32.7 Å². The molecule has 1 rings (SSSR count). The van der Waals surface area contributed by atoms with Gasteiger partial charge in [-0.05, 0) is 13.8 Å². The van der Waals surface area contributed by atoms with Crippen molar-refractivity contribution in [2.75, 3.05) is 26.7 Å². The molecule has 0 spiro atoms. The fourth-order valence-electron chi connectivity index (χ4n) is 1.76. The molecule has 1 heterocycles. The Morgan fingerprint density at radius 3 is 2.33 bits per heavy atom. The Labute approximate surface area is 107 Å². The summed E-state index contributed by atoms with van der Waals surface area (Å²) in [6.45, 7) is 6.05. The van der Waals surface area contributed by atoms with Crippen molar-refractivity contribution in [1.29, 1.82) is 0 Å². The number of urea groups is 1. The Kier molecular flexibility index (Phi) is 4.21. The highest BCUT2D eigenvalue weighted by molar-refractivity contribution is 5.77. The maximum atomic E-state index is 12.1. The number of rotatable bonds is 4. The topological polar surface area (TPSA) is 81.1 Å². The van der Waals surface area contributed by atoms with Crippen LogP contribution >= 0.6 is 0 Å². The fraction of sp³-hybridized carbons (Fsp3) is 0.833. The minimum atomic E-state index is -0.823. The van der Waals surface area contributed by atoms with Crippen LogP contribution in [0.1, 0.15) is 20.8 Å². The first-order chi connectivity index (χ1) is 8.20. The lowest BCUT2D eigenvalue weighted by molar-refractivity contribution is -0.145. The number of aliphatic hydroxyl groups excluding tert-OH is 1. The van der Waals surface area contributed by atoms with Crippen LogP contribution < -0.4 is 0 Å². The zero-order valence-electron chi connectivity index (χ0n) is 11.4. The van der Waals surface area contributed by atoms with E-state index in [1.807, 2.05) is 0 Å². The summed E-state index contributed by atoms with van der Waals surface area (Å²) in [5.41, 5.74) is -0.611. The lowest BCUT2D eigenvalue weighted by Crippen LogP contribution is -2.60. The van der Waals surface area contributed by atoms with E-state index in [-0.39, 0.29) is 18.6 Å². The Morgan fingerprint density at radius 2 is 1.94 bits per heavy atom. The summed E-state index contributed by atoms with van der Waals surface area (Å²) in [6, 6.07) is -0.164. The lowest BCUT2D eigenvalue weighted by atomic mass is 9.87. The van der Waals surface area contributed by atoms with E-state index in [9.17, 15) is 14.7 Å². The van der Waals surface area contributed by atoms with Crippen LogP contribution in [0.25, 0.3) is 0 Å². The van der Waals surface area contributed by atoms with E-state index in [0.29, 0.717) is 13.1 Å². The standard InChI is InChI=1S/C12H22N2O4/c1-8(10(16)17)9-5-14(6-9)11(18)13(4)12(2,3)7-15/h8-9,15H,5-7H2,1-4H3,(H,16,17). The maximum absolute atomic E-state index is 12.1. The van der Waals surface area contributed by atoms with Crippen molar-refractivity contribution in [3.05, 3.63) is 0 Å². The predicted molar refractivity (Wildman–Crippen MR) is 66.2 cm³/mol. The molecule has 104 valence electrons. The van der Waals surface area contributed by atoms with Crippen molar-refractivity contribution >= 4 is 12.0 Å². The average Bonchev–Trinajstić information content (AvgIpc) is 2.25. The molecule has 18 heavy (non-hydrogen) atoms. The lowest BCUT2D eigenvalue weighted by Gasteiger charge is -2.45. The number of carbonyl (C=O) groups excluding carboxylic acids is 1. The van der Waals surface area contributed by atoms with Gasteiger partial charge in [0.05, 0.1) is 18.1 Å². The zero-order chi connectivity index (χ0) is 14.1. The number of hydrogen-bond donors (Lipinski definition) is 2. The van der Waals surface area contributed by atoms with Crippen LogP contribution in [0.3, 0.4) is 0 Å². The molecule has 2 N–H and O–H groups in total. The number of aliphatic carboxylic acids is 1. The van der Waals surface area contributed by atoms with E-state index in [4.69, 9.17) is 5.11 Å². The SMILES string of the molecule is CC(C(=O)O)C1CN(C(=O)N(C)C(C)(C)CO)C1. The van der Waals surface area contributed by atoms with E-state index in [2.05, 4.69) is 0 Å². The summed E-state index contributed by atoms with van der Waals surface area (Å²) in [5, 5.41) is 18.1. The number of hydrogen-bond acceptors (Lipinski definition) is 3. The Hall–Kier alpha value is -1.30. The van der Waals surface area contributed by atoms with Crippen molar-refractivity contribution in [2.24, 2.45) is 11.8 Å². The summed E-state index contributed by atoms with van der Waals surface area (Å²) in [7, 11) is 1.65. The minimum absolute atomic E-state index is 0.0251. The van der Waals surface area contributed by atoms with Gasteiger partial charge in [-0.25, -0.2) is 4.79 Å². The summed E-state index contributed by atoms with van der Waals surface area (Å²) < 4.78 is 0. The van der Waals surface area contributed by atoms with E-state index in [0.717, 1.165) is 0 Å². The van der Waals surface area contributed by atoms with Gasteiger partial charge in [-0.1, -0.05) is 6.92 Å². The van der Waals surface area contributed by atoms with Crippen LogP contribution in [0.2, 0.25) is 0 Å². The van der Waals surface area contributed by atoms with Crippen LogP contribution in [0, 0.1) is 11.8 Å². The van der Waals surface area contributed by atoms with Crippen LogP contribution in [-0.2, 0) is 4.79 Å². The second-order valence-electron chi connectivity index (χ2n) is 5.60. The molecule has 0 saturated carbocycles. The highest BCUT2D eigenvalue weighted by Crippen LogP contribution is 2.26. The van der Waals surface area contributed by atoms with E-state index in [1.165, 1.54) is 4.90 Å². The third-order valence-corrected chi connectivity index (χ3v) is 3.86. The summed E-state index contributed by atoms with van der Waals surface area (Å²) in [5.74, 6) is -1.22. The second kappa shape index (κ2) is 5.14. The molecule has 0 aromatic carbocycles. The number of carboxylic acid groups (broad SMARTS) is 1. The van der Waals surface area contributed by atoms with Gasteiger partial charge in [0, 0.05) is 26.1 Å². The number of carbonyl (C=O) groups is 2. The summed E-state index contributed by atoms with van der Waals surface area (Å²) >= 11 is 0. The van der Waals surface area contributed by atoms with Crippen molar-refractivity contribution in [2.45, 2.75) is 26.3 Å². The number of likely N-dealkylation sites (N-methyl/N-ethyl adjacent to an activating group) is 1. The van der Waals surface area contributed by atoms with Gasteiger partial charge in [-0.15, -0.1) is 0 Å². The normalized spacial score (nSPS) is 18.2.